The fraction of sp³-hybridized carbons (Fsp3) is 0.250. The molecule has 0 aliphatic rings. The molecule has 0 saturated carbocycles. The number of ether oxygens (including phenoxy) is 1. The van der Waals surface area contributed by atoms with Gasteiger partial charge in [0.25, 0.3) is 0 Å². The number of halogens is 2. The molecule has 0 bridgehead atoms. The lowest BCUT2D eigenvalue weighted by Gasteiger charge is -2.21. The van der Waals surface area contributed by atoms with Crippen LogP contribution in [0.2, 0.25) is 5.02 Å². The van der Waals surface area contributed by atoms with Gasteiger partial charge in [0.15, 0.2) is 0 Å². The maximum Gasteiger partial charge on any atom is 0.122 e. The van der Waals surface area contributed by atoms with E-state index >= 15 is 0 Å². The minimum absolute atomic E-state index is 0. The highest BCUT2D eigenvalue weighted by molar-refractivity contribution is 6.30. The smallest absolute Gasteiger partial charge is 0.122 e. The van der Waals surface area contributed by atoms with Crippen LogP contribution >= 0.6 is 24.0 Å². The Morgan fingerprint density at radius 1 is 0.778 bits per heavy atom. The molecule has 0 amide bonds. The van der Waals surface area contributed by atoms with Gasteiger partial charge in [-0.15, -0.1) is 12.4 Å². The SMILES string of the molecule is Cc1cc(CC(C)NCCC(c2ccccc2)c2ccccc2)ccc1OCc1ccc(Cl)cc1.Cl. The minimum Gasteiger partial charge on any atom is -0.489 e. The van der Waals surface area contributed by atoms with Gasteiger partial charge in [-0.1, -0.05) is 96.5 Å². The van der Waals surface area contributed by atoms with E-state index in [0.29, 0.717) is 18.6 Å². The number of benzene rings is 4. The van der Waals surface area contributed by atoms with Crippen molar-refractivity contribution >= 4 is 24.0 Å². The van der Waals surface area contributed by atoms with E-state index in [-0.39, 0.29) is 12.4 Å². The summed E-state index contributed by atoms with van der Waals surface area (Å²) in [6.45, 7) is 5.89. The molecule has 4 heteroatoms. The average molecular weight is 521 g/mol. The van der Waals surface area contributed by atoms with Gasteiger partial charge in [0.2, 0.25) is 0 Å². The number of hydrogen-bond donors (Lipinski definition) is 1. The first-order valence-corrected chi connectivity index (χ1v) is 12.8. The van der Waals surface area contributed by atoms with Gasteiger partial charge in [0, 0.05) is 17.0 Å². The first kappa shape index (κ1) is 27.8. The third-order valence-electron chi connectivity index (χ3n) is 6.42. The molecule has 0 fully saturated rings. The fourth-order valence-electron chi connectivity index (χ4n) is 4.54. The Labute approximate surface area is 227 Å². The van der Waals surface area contributed by atoms with E-state index in [9.17, 15) is 0 Å². The Balaban J connectivity index is 0.00000361. The van der Waals surface area contributed by atoms with Gasteiger partial charge in [-0.05, 0) is 79.3 Å². The molecular weight excluding hydrogens is 485 g/mol. The summed E-state index contributed by atoms with van der Waals surface area (Å²) in [5.41, 5.74) is 6.34. The zero-order valence-electron chi connectivity index (χ0n) is 21.0. The molecule has 2 nitrogen and oxygen atoms in total. The van der Waals surface area contributed by atoms with E-state index < -0.39 is 0 Å². The standard InChI is InChI=1S/C32H34ClNO.ClH/c1-24-21-27(15-18-32(24)35-23-26-13-16-30(33)17-14-26)22-25(2)34-20-19-31(28-9-5-3-6-10-28)29-11-7-4-8-12-29;/h3-18,21,25,31,34H,19-20,22-23H2,1-2H3;1H. The monoisotopic (exact) mass is 519 g/mol. The highest BCUT2D eigenvalue weighted by Gasteiger charge is 2.14. The summed E-state index contributed by atoms with van der Waals surface area (Å²) >= 11 is 5.97. The zero-order chi connectivity index (χ0) is 24.5. The molecule has 1 atom stereocenters. The van der Waals surface area contributed by atoms with Crippen molar-refractivity contribution in [3.63, 3.8) is 0 Å². The van der Waals surface area contributed by atoms with Gasteiger partial charge >= 0.3 is 0 Å². The second-order valence-corrected chi connectivity index (χ2v) is 9.67. The first-order chi connectivity index (χ1) is 17.1. The first-order valence-electron chi connectivity index (χ1n) is 12.4. The Bertz CT molecular complexity index is 1140. The third-order valence-corrected chi connectivity index (χ3v) is 6.67. The van der Waals surface area contributed by atoms with Crippen LogP contribution in [-0.2, 0) is 13.0 Å². The Morgan fingerprint density at radius 2 is 1.36 bits per heavy atom. The predicted molar refractivity (Wildman–Crippen MR) is 155 cm³/mol. The van der Waals surface area contributed by atoms with Crippen LogP contribution in [0.1, 0.15) is 47.1 Å². The lowest BCUT2D eigenvalue weighted by molar-refractivity contribution is 0.304. The number of hydrogen-bond acceptors (Lipinski definition) is 2. The van der Waals surface area contributed by atoms with Crippen molar-refractivity contribution in [2.45, 2.75) is 45.3 Å². The lowest BCUT2D eigenvalue weighted by atomic mass is 9.88. The summed E-state index contributed by atoms with van der Waals surface area (Å²) in [6, 6.07) is 36.3. The van der Waals surface area contributed by atoms with E-state index in [4.69, 9.17) is 16.3 Å². The Hall–Kier alpha value is -2.78. The fourth-order valence-corrected chi connectivity index (χ4v) is 4.66. The van der Waals surface area contributed by atoms with Crippen LogP contribution in [0.5, 0.6) is 5.75 Å². The van der Waals surface area contributed by atoms with E-state index in [1.54, 1.807) is 0 Å². The third kappa shape index (κ3) is 8.13. The molecule has 0 aliphatic heterocycles. The zero-order valence-corrected chi connectivity index (χ0v) is 22.6. The molecule has 0 aliphatic carbocycles. The van der Waals surface area contributed by atoms with E-state index in [2.05, 4.69) is 98.0 Å². The van der Waals surface area contributed by atoms with Crippen LogP contribution in [0.25, 0.3) is 0 Å². The summed E-state index contributed by atoms with van der Waals surface area (Å²) in [5, 5.41) is 4.49. The van der Waals surface area contributed by atoms with Crippen molar-refractivity contribution < 1.29 is 4.74 Å². The van der Waals surface area contributed by atoms with Gasteiger partial charge in [-0.25, -0.2) is 0 Å². The highest BCUT2D eigenvalue weighted by Crippen LogP contribution is 2.27. The molecule has 0 aromatic heterocycles. The highest BCUT2D eigenvalue weighted by atomic mass is 35.5. The quantitative estimate of drug-likeness (QED) is 0.214. The maximum atomic E-state index is 6.04. The second kappa shape index (κ2) is 14.1. The number of rotatable bonds is 11. The molecule has 36 heavy (non-hydrogen) atoms. The molecule has 0 spiro atoms. The summed E-state index contributed by atoms with van der Waals surface area (Å²) in [5.74, 6) is 1.33. The Morgan fingerprint density at radius 3 is 1.94 bits per heavy atom. The van der Waals surface area contributed by atoms with Crippen molar-refractivity contribution in [1.82, 2.24) is 5.32 Å². The van der Waals surface area contributed by atoms with E-state index in [1.807, 2.05) is 24.3 Å². The summed E-state index contributed by atoms with van der Waals surface area (Å²) < 4.78 is 6.04. The largest absolute Gasteiger partial charge is 0.489 e. The van der Waals surface area contributed by atoms with Crippen molar-refractivity contribution in [2.75, 3.05) is 6.54 Å². The molecule has 188 valence electrons. The molecule has 0 radical (unpaired) electrons. The lowest BCUT2D eigenvalue weighted by Crippen LogP contribution is -2.30. The normalized spacial score (nSPS) is 11.7. The molecule has 1 N–H and O–H groups in total. The van der Waals surface area contributed by atoms with Gasteiger partial charge in [-0.3, -0.25) is 0 Å². The van der Waals surface area contributed by atoms with Gasteiger partial charge in [0.05, 0.1) is 0 Å². The van der Waals surface area contributed by atoms with Crippen molar-refractivity contribution in [3.8, 4) is 5.75 Å². The second-order valence-electron chi connectivity index (χ2n) is 9.24. The predicted octanol–water partition coefficient (Wildman–Crippen LogP) is 8.39. The van der Waals surface area contributed by atoms with Crippen LogP contribution in [-0.4, -0.2) is 12.6 Å². The van der Waals surface area contributed by atoms with Crippen LogP contribution < -0.4 is 10.1 Å². The minimum atomic E-state index is 0. The summed E-state index contributed by atoms with van der Waals surface area (Å²) in [7, 11) is 0. The molecule has 0 heterocycles. The van der Waals surface area contributed by atoms with Crippen LogP contribution in [0, 0.1) is 6.92 Å². The topological polar surface area (TPSA) is 21.3 Å². The van der Waals surface area contributed by atoms with Crippen molar-refractivity contribution in [2.24, 2.45) is 0 Å². The molecule has 4 aromatic rings. The molecule has 4 aromatic carbocycles. The summed E-state index contributed by atoms with van der Waals surface area (Å²) in [6.07, 6.45) is 2.05. The van der Waals surface area contributed by atoms with Gasteiger partial charge in [0.1, 0.15) is 12.4 Å². The van der Waals surface area contributed by atoms with Crippen molar-refractivity contribution in [3.05, 3.63) is 136 Å². The van der Waals surface area contributed by atoms with E-state index in [1.165, 1.54) is 16.7 Å². The van der Waals surface area contributed by atoms with Crippen molar-refractivity contribution in [1.29, 1.82) is 0 Å². The van der Waals surface area contributed by atoms with Gasteiger partial charge < -0.3 is 10.1 Å². The molecule has 0 saturated heterocycles. The Kier molecular flexibility index (Phi) is 10.9. The van der Waals surface area contributed by atoms with E-state index in [0.717, 1.165) is 41.3 Å². The van der Waals surface area contributed by atoms with Crippen LogP contribution in [0.3, 0.4) is 0 Å². The summed E-state index contributed by atoms with van der Waals surface area (Å²) in [4.78, 5) is 0. The van der Waals surface area contributed by atoms with Crippen LogP contribution in [0.15, 0.2) is 103 Å². The van der Waals surface area contributed by atoms with Crippen LogP contribution in [0.4, 0.5) is 0 Å². The number of aryl methyl sites for hydroxylation is 1. The number of nitrogens with one attached hydrogen (secondary N) is 1. The molecular formula is C32H35Cl2NO. The average Bonchev–Trinajstić information content (AvgIpc) is 2.88. The molecule has 1 unspecified atom stereocenters. The molecule has 4 rings (SSSR count). The van der Waals surface area contributed by atoms with Gasteiger partial charge in [-0.2, -0.15) is 0 Å². The maximum absolute atomic E-state index is 6.04.